The third kappa shape index (κ3) is 30.5. The number of carboxylic acids is 5. The summed E-state index contributed by atoms with van der Waals surface area (Å²) in [6.07, 6.45) is -3.11. The van der Waals surface area contributed by atoms with Crippen molar-refractivity contribution in [3.05, 3.63) is 78.4 Å². The standard InChI is InChI=1S/C52H68N12O24S4/c1-29(3-2-4-30-5-11-33(65)12-6-30)47(77)61-62-52(83)88-19-20-89-90-28-39(51(81)82)60-50(80)38(23-45(73)74)59-49(79)37(22-44(71)72)58-48(78)36(21-43(69)70)57-42(68)26-63(24-40(66)55-31-7-13-34(14-8-31)91(53,84)85)17-18-64(27-46(75)76)25-41(67)56-32-9-15-35(16-10-32)92(54,86)87/h5-16,29,36-39,65H,2-4,17-28H2,1H3,(H,55,66)(H,56,67)(H,57,68)(H,58,78)(H,59,79)(H,60,80)(H,61,77)(H,62,83)(H,69,70)(H,71,72)(H,73,74)(H,75,76)(H,81,82)(H2,53,84,85)(H2,54,86,87)/t29-,36-,37-,38-,39-/m0/s1. The summed E-state index contributed by atoms with van der Waals surface area (Å²) >= 11 is 0. The fraction of sp³-hybridized carbons (Fsp3) is 0.404. The van der Waals surface area contributed by atoms with Gasteiger partial charge in [-0.1, -0.05) is 40.6 Å². The number of carbonyl (C=O) groups is 13. The first-order chi connectivity index (χ1) is 43.1. The van der Waals surface area contributed by atoms with Crippen molar-refractivity contribution >= 4 is 130 Å². The number of carboxylic acid groups (broad SMARTS) is 5. The second-order valence-corrected chi connectivity index (χ2v) is 25.6. The molecule has 0 aromatic heterocycles. The van der Waals surface area contributed by atoms with Crippen LogP contribution in [0.4, 0.5) is 16.2 Å². The molecule has 0 aliphatic heterocycles. The monoisotopic (exact) mass is 1370 g/mol. The summed E-state index contributed by atoms with van der Waals surface area (Å²) in [6, 6.07) is 7.17. The van der Waals surface area contributed by atoms with Gasteiger partial charge in [0.05, 0.1) is 55.2 Å². The predicted molar refractivity (Wildman–Crippen MR) is 323 cm³/mol. The number of hydrazine groups is 1. The number of aliphatic carboxylic acids is 5. The summed E-state index contributed by atoms with van der Waals surface area (Å²) in [6.45, 7) is -2.68. The van der Waals surface area contributed by atoms with Crippen molar-refractivity contribution in [2.45, 2.75) is 79.4 Å². The molecule has 0 fully saturated rings. The zero-order valence-corrected chi connectivity index (χ0v) is 51.9. The van der Waals surface area contributed by atoms with Gasteiger partial charge in [-0.3, -0.25) is 68.0 Å². The van der Waals surface area contributed by atoms with Crippen molar-refractivity contribution in [1.82, 2.24) is 41.9 Å². The molecular weight excluding hydrogens is 1300 g/mol. The Kier molecular flexibility index (Phi) is 31.7. The number of nitrogens with zero attached hydrogens (tertiary/aromatic N) is 2. The van der Waals surface area contributed by atoms with Crippen LogP contribution in [0.15, 0.2) is 82.6 Å². The van der Waals surface area contributed by atoms with E-state index in [1.807, 2.05) is 16.0 Å². The number of aryl methyl sites for hydroxylation is 1. The van der Waals surface area contributed by atoms with Gasteiger partial charge in [-0.25, -0.2) is 42.1 Å². The van der Waals surface area contributed by atoms with Crippen molar-refractivity contribution in [2.24, 2.45) is 16.2 Å². The van der Waals surface area contributed by atoms with Crippen molar-refractivity contribution in [2.75, 3.05) is 68.0 Å². The lowest BCUT2D eigenvalue weighted by Crippen LogP contribution is -2.59. The van der Waals surface area contributed by atoms with Crippen LogP contribution >= 0.6 is 21.6 Å². The van der Waals surface area contributed by atoms with E-state index in [2.05, 4.69) is 26.8 Å². The average molecular weight is 1370 g/mol. The maximum absolute atomic E-state index is 13.7. The Morgan fingerprint density at radius 1 is 0.522 bits per heavy atom. The second kappa shape index (κ2) is 37.8. The number of benzene rings is 3. The van der Waals surface area contributed by atoms with Crippen LogP contribution in [0.1, 0.15) is 44.6 Å². The van der Waals surface area contributed by atoms with E-state index in [4.69, 9.17) is 15.0 Å². The number of rotatable bonds is 40. The summed E-state index contributed by atoms with van der Waals surface area (Å²) in [4.78, 5) is 167. The third-order valence-corrected chi connectivity index (χ3v) is 16.5. The lowest BCUT2D eigenvalue weighted by Gasteiger charge is -2.27. The van der Waals surface area contributed by atoms with Gasteiger partial charge in [-0.2, -0.15) is 0 Å². The molecule has 40 heteroatoms. The first kappa shape index (κ1) is 77.1. The minimum atomic E-state index is -4.16. The second-order valence-electron chi connectivity index (χ2n) is 19.8. The Hall–Kier alpha value is -9.19. The maximum Gasteiger partial charge on any atom is 0.426 e. The highest BCUT2D eigenvalue weighted by atomic mass is 33.1. The summed E-state index contributed by atoms with van der Waals surface area (Å²) in [7, 11) is -6.45. The van der Waals surface area contributed by atoms with Gasteiger partial charge in [0.1, 0.15) is 36.5 Å². The Bertz CT molecular complexity index is 3370. The van der Waals surface area contributed by atoms with Gasteiger partial charge < -0.3 is 67.3 Å². The molecular formula is C52H68N12O24S4. The minimum Gasteiger partial charge on any atom is -0.508 e. The number of anilines is 2. The molecule has 0 aliphatic carbocycles. The summed E-state index contributed by atoms with van der Waals surface area (Å²) in [5.41, 5.74) is 5.37. The molecule has 18 N–H and O–H groups in total. The lowest BCUT2D eigenvalue weighted by atomic mass is 10.0. The van der Waals surface area contributed by atoms with E-state index in [1.54, 1.807) is 31.2 Å². The van der Waals surface area contributed by atoms with Crippen LogP contribution < -0.4 is 53.0 Å². The highest BCUT2D eigenvalue weighted by molar-refractivity contribution is 8.76. The largest absolute Gasteiger partial charge is 0.508 e. The highest BCUT2D eigenvalue weighted by Crippen LogP contribution is 2.22. The van der Waals surface area contributed by atoms with Gasteiger partial charge in [0.2, 0.25) is 61.4 Å². The number of nitrogens with two attached hydrogens (primary N) is 2. The van der Waals surface area contributed by atoms with Crippen LogP contribution in [0.25, 0.3) is 0 Å². The van der Waals surface area contributed by atoms with Crippen molar-refractivity contribution in [3.63, 3.8) is 0 Å². The van der Waals surface area contributed by atoms with Crippen LogP contribution in [0.5, 0.6) is 5.75 Å². The van der Waals surface area contributed by atoms with Gasteiger partial charge in [0.25, 0.3) is 0 Å². The molecule has 504 valence electrons. The van der Waals surface area contributed by atoms with Crippen LogP contribution in [0.3, 0.4) is 0 Å². The molecule has 92 heavy (non-hydrogen) atoms. The molecule has 3 aromatic carbocycles. The molecule has 3 aromatic rings. The van der Waals surface area contributed by atoms with Crippen LogP contribution in [-0.4, -0.2) is 216 Å². The van der Waals surface area contributed by atoms with E-state index in [9.17, 15) is 110 Å². The molecule has 0 aliphatic rings. The number of aromatic hydroxyl groups is 1. The van der Waals surface area contributed by atoms with E-state index >= 15 is 0 Å². The van der Waals surface area contributed by atoms with E-state index in [0.29, 0.717) is 19.3 Å². The summed E-state index contributed by atoms with van der Waals surface area (Å²) in [5.74, 6) is -17.2. The molecule has 0 heterocycles. The molecule has 0 bridgehead atoms. The normalized spacial score (nSPS) is 12.9. The number of sulfonamides is 2. The van der Waals surface area contributed by atoms with Gasteiger partial charge in [0.15, 0.2) is 0 Å². The Labute approximate surface area is 532 Å². The van der Waals surface area contributed by atoms with Gasteiger partial charge in [-0.15, -0.1) is 0 Å². The number of hydrogen-bond donors (Lipinski definition) is 16. The van der Waals surface area contributed by atoms with Crippen molar-refractivity contribution in [3.8, 4) is 5.75 Å². The number of ether oxygens (including phenoxy) is 1. The number of nitrogens with one attached hydrogen (secondary N) is 8. The quantitative estimate of drug-likeness (QED) is 0.0155. The summed E-state index contributed by atoms with van der Waals surface area (Å²) in [5, 5.41) is 81.0. The molecule has 8 amide bonds. The van der Waals surface area contributed by atoms with Gasteiger partial charge in [-0.05, 0) is 85.5 Å². The lowest BCUT2D eigenvalue weighted by molar-refractivity contribution is -0.145. The predicted octanol–water partition coefficient (Wildman–Crippen LogP) is -2.80. The van der Waals surface area contributed by atoms with Crippen LogP contribution in [0.2, 0.25) is 0 Å². The molecule has 36 nitrogen and oxygen atoms in total. The Morgan fingerprint density at radius 2 is 0.946 bits per heavy atom. The topological polar surface area (TPSA) is 576 Å². The smallest absolute Gasteiger partial charge is 0.426 e. The maximum atomic E-state index is 13.7. The van der Waals surface area contributed by atoms with E-state index in [0.717, 1.165) is 73.3 Å². The van der Waals surface area contributed by atoms with E-state index in [-0.39, 0.29) is 39.3 Å². The first-order valence-electron chi connectivity index (χ1n) is 26.9. The zero-order valence-electron chi connectivity index (χ0n) is 48.6. The molecule has 0 radical (unpaired) electrons. The Balaban J connectivity index is 1.69. The number of phenols is 1. The van der Waals surface area contributed by atoms with Crippen molar-refractivity contribution < 1.29 is 115 Å². The number of primary sulfonamides is 2. The molecule has 5 atom stereocenters. The molecule has 0 saturated carbocycles. The molecule has 0 spiro atoms. The zero-order chi connectivity index (χ0) is 68.9. The molecule has 0 unspecified atom stereocenters. The number of amides is 8. The number of phenolic OH excluding ortho intramolecular Hbond substituents is 1. The number of hydrogen-bond acceptors (Lipinski definition) is 23. The SMILES string of the molecule is C[C@@H](CCCc1ccc(O)cc1)C(=O)NNC(=O)OCCSSC[C@H](NC(=O)[C@H](CC(=O)O)NC(=O)[C@H](CC(=O)O)NC(=O)[C@H](CC(=O)O)NC(=O)CN(CCN(CC(=O)O)CC(=O)Nc1ccc(S(N)(=O)=O)cc1)CC(=O)Nc1ccc(S(N)(=O)=O)cc1)C(=O)O. The van der Waals surface area contributed by atoms with Crippen LogP contribution in [0, 0.1) is 5.92 Å². The molecule has 0 saturated heterocycles. The average Bonchev–Trinajstić information content (AvgIpc) is 0.964. The summed E-state index contributed by atoms with van der Waals surface area (Å²) < 4.78 is 51.8. The third-order valence-electron chi connectivity index (χ3n) is 12.3. The van der Waals surface area contributed by atoms with Crippen molar-refractivity contribution in [1.29, 1.82) is 0 Å². The molecule has 3 rings (SSSR count). The minimum absolute atomic E-state index is 0.00637. The van der Waals surface area contributed by atoms with E-state index in [1.165, 1.54) is 12.1 Å². The fourth-order valence-corrected chi connectivity index (χ4v) is 10.8. The first-order valence-corrected chi connectivity index (χ1v) is 32.5. The highest BCUT2D eigenvalue weighted by Gasteiger charge is 2.35. The number of carbonyl (C=O) groups excluding carboxylic acids is 8. The van der Waals surface area contributed by atoms with Crippen LogP contribution in [-0.2, 0) is 88.7 Å². The fourth-order valence-electron chi connectivity index (χ4n) is 7.77. The van der Waals surface area contributed by atoms with Gasteiger partial charge >= 0.3 is 35.9 Å². The van der Waals surface area contributed by atoms with E-state index < -0.39 is 192 Å². The van der Waals surface area contributed by atoms with Gasteiger partial charge in [0, 0.05) is 41.9 Å². The Morgan fingerprint density at radius 3 is 1.37 bits per heavy atom.